The fraction of sp³-hybridized carbons (Fsp3) is 0.304. The van der Waals surface area contributed by atoms with Crippen LogP contribution in [0.3, 0.4) is 0 Å². The first-order valence-electron chi connectivity index (χ1n) is 9.57. The average molecular weight is 377 g/mol. The molecule has 2 heterocycles. The van der Waals surface area contributed by atoms with Gasteiger partial charge in [0.1, 0.15) is 11.4 Å². The Kier molecular flexibility index (Phi) is 5.01. The maximum atomic E-state index is 12.7. The molecule has 0 amide bonds. The van der Waals surface area contributed by atoms with Crippen LogP contribution in [0.5, 0.6) is 5.75 Å². The zero-order valence-electron chi connectivity index (χ0n) is 15.6. The molecule has 0 atom stereocenters. The third-order valence-electron chi connectivity index (χ3n) is 5.55. The minimum Gasteiger partial charge on any atom is -0.486 e. The lowest BCUT2D eigenvalue weighted by Gasteiger charge is -2.44. The third kappa shape index (κ3) is 3.99. The van der Waals surface area contributed by atoms with E-state index in [1.165, 1.54) is 11.6 Å². The molecule has 0 radical (unpaired) electrons. The van der Waals surface area contributed by atoms with Gasteiger partial charge in [0.2, 0.25) is 0 Å². The molecule has 0 aliphatic carbocycles. The molecule has 2 aromatic carbocycles. The van der Waals surface area contributed by atoms with E-state index in [0.717, 1.165) is 38.6 Å². The van der Waals surface area contributed by atoms with Gasteiger partial charge in [0.05, 0.1) is 12.0 Å². The summed E-state index contributed by atoms with van der Waals surface area (Å²) in [4.78, 5) is 25.8. The average Bonchev–Trinajstić information content (AvgIpc) is 2.69. The summed E-state index contributed by atoms with van der Waals surface area (Å²) in [6, 6.07) is 15.6. The standard InChI is InChI=1S/C23H23NO4/c25-20-15-23(10-12-24(13-11-23)16-18-4-2-1-3-5-18)28-21-14-17(6-8-19(20)21)7-9-22(26)27/h1-9,14H,10-13,15-16H2,(H,26,27)/b9-7+. The first kappa shape index (κ1) is 18.4. The predicted molar refractivity (Wildman–Crippen MR) is 106 cm³/mol. The van der Waals surface area contributed by atoms with Gasteiger partial charge in [0, 0.05) is 38.6 Å². The molecule has 5 heteroatoms. The van der Waals surface area contributed by atoms with E-state index in [9.17, 15) is 9.59 Å². The minimum atomic E-state index is -1.00. The normalized spacial score (nSPS) is 18.8. The monoisotopic (exact) mass is 377 g/mol. The number of rotatable bonds is 4. The van der Waals surface area contributed by atoms with Crippen LogP contribution in [0.4, 0.5) is 0 Å². The molecule has 0 bridgehead atoms. The number of nitrogens with zero attached hydrogens (tertiary/aromatic N) is 1. The Hall–Kier alpha value is -2.92. The quantitative estimate of drug-likeness (QED) is 0.822. The van der Waals surface area contributed by atoms with Crippen LogP contribution in [-0.2, 0) is 11.3 Å². The second-order valence-corrected chi connectivity index (χ2v) is 7.57. The molecule has 1 saturated heterocycles. The molecule has 28 heavy (non-hydrogen) atoms. The number of hydrogen-bond acceptors (Lipinski definition) is 4. The van der Waals surface area contributed by atoms with Gasteiger partial charge in [-0.3, -0.25) is 9.69 Å². The SMILES string of the molecule is O=C(O)/C=C/c1ccc2c(c1)OC1(CCN(Cc3ccccc3)CC1)CC2=O. The number of fused-ring (bicyclic) bond motifs is 1. The lowest BCUT2D eigenvalue weighted by Crippen LogP contribution is -2.50. The van der Waals surface area contributed by atoms with E-state index in [1.807, 2.05) is 6.07 Å². The molecule has 2 aliphatic rings. The van der Waals surface area contributed by atoms with Crippen molar-refractivity contribution >= 4 is 17.8 Å². The number of piperidine rings is 1. The maximum Gasteiger partial charge on any atom is 0.328 e. The number of ketones is 1. The number of hydrogen-bond donors (Lipinski definition) is 1. The molecule has 144 valence electrons. The number of carbonyl (C=O) groups is 2. The Bertz CT molecular complexity index is 911. The van der Waals surface area contributed by atoms with Gasteiger partial charge in [0.15, 0.2) is 5.78 Å². The molecule has 1 spiro atoms. The molecule has 1 fully saturated rings. The molecule has 2 aliphatic heterocycles. The number of carbonyl (C=O) groups excluding carboxylic acids is 1. The molecular weight excluding hydrogens is 354 g/mol. The zero-order chi connectivity index (χ0) is 19.6. The van der Waals surface area contributed by atoms with Crippen molar-refractivity contribution < 1.29 is 19.4 Å². The van der Waals surface area contributed by atoms with Crippen molar-refractivity contribution in [3.63, 3.8) is 0 Å². The summed E-state index contributed by atoms with van der Waals surface area (Å²) in [5.74, 6) is -0.330. The van der Waals surface area contributed by atoms with E-state index >= 15 is 0 Å². The Morgan fingerprint density at radius 3 is 2.61 bits per heavy atom. The van der Waals surface area contributed by atoms with Gasteiger partial charge < -0.3 is 9.84 Å². The number of carboxylic acids is 1. The molecule has 1 N–H and O–H groups in total. The Balaban J connectivity index is 1.47. The van der Waals surface area contributed by atoms with Gasteiger partial charge in [-0.1, -0.05) is 36.4 Å². The van der Waals surface area contributed by atoms with Crippen molar-refractivity contribution in [3.05, 3.63) is 71.3 Å². The van der Waals surface area contributed by atoms with Gasteiger partial charge in [-0.15, -0.1) is 0 Å². The number of benzene rings is 2. The molecule has 0 unspecified atom stereocenters. The first-order valence-corrected chi connectivity index (χ1v) is 9.57. The Morgan fingerprint density at radius 1 is 1.14 bits per heavy atom. The molecule has 5 nitrogen and oxygen atoms in total. The number of aliphatic carboxylic acids is 1. The number of Topliss-reactive ketones (excluding diaryl/α,β-unsaturated/α-hetero) is 1. The lowest BCUT2D eigenvalue weighted by molar-refractivity contribution is -0.131. The third-order valence-corrected chi connectivity index (χ3v) is 5.55. The van der Waals surface area contributed by atoms with Crippen molar-refractivity contribution in [1.82, 2.24) is 4.90 Å². The largest absolute Gasteiger partial charge is 0.486 e. The van der Waals surface area contributed by atoms with Crippen molar-refractivity contribution in [2.24, 2.45) is 0 Å². The van der Waals surface area contributed by atoms with Crippen LogP contribution in [0.1, 0.15) is 40.7 Å². The van der Waals surface area contributed by atoms with Crippen molar-refractivity contribution in [2.45, 2.75) is 31.4 Å². The summed E-state index contributed by atoms with van der Waals surface area (Å²) in [5, 5.41) is 8.81. The molecule has 0 saturated carbocycles. The van der Waals surface area contributed by atoms with Gasteiger partial charge in [-0.2, -0.15) is 0 Å². The minimum absolute atomic E-state index is 0.103. The Morgan fingerprint density at radius 2 is 1.89 bits per heavy atom. The number of likely N-dealkylation sites (tertiary alicyclic amines) is 1. The molecule has 2 aromatic rings. The van der Waals surface area contributed by atoms with E-state index in [1.54, 1.807) is 18.2 Å². The topological polar surface area (TPSA) is 66.8 Å². The fourth-order valence-corrected chi connectivity index (χ4v) is 4.02. The highest BCUT2D eigenvalue weighted by atomic mass is 16.5. The maximum absolute atomic E-state index is 12.7. The smallest absolute Gasteiger partial charge is 0.328 e. The second-order valence-electron chi connectivity index (χ2n) is 7.57. The van der Waals surface area contributed by atoms with E-state index < -0.39 is 11.6 Å². The molecule has 0 aromatic heterocycles. The van der Waals surface area contributed by atoms with E-state index in [0.29, 0.717) is 23.3 Å². The zero-order valence-corrected chi connectivity index (χ0v) is 15.6. The van der Waals surface area contributed by atoms with Crippen molar-refractivity contribution in [2.75, 3.05) is 13.1 Å². The van der Waals surface area contributed by atoms with E-state index in [2.05, 4.69) is 29.2 Å². The number of ether oxygens (including phenoxy) is 1. The van der Waals surface area contributed by atoms with Gasteiger partial charge in [-0.25, -0.2) is 4.79 Å². The summed E-state index contributed by atoms with van der Waals surface area (Å²) in [6.07, 6.45) is 4.62. The van der Waals surface area contributed by atoms with E-state index in [4.69, 9.17) is 9.84 Å². The summed E-state index contributed by atoms with van der Waals surface area (Å²) < 4.78 is 6.35. The van der Waals surface area contributed by atoms with Crippen LogP contribution < -0.4 is 4.74 Å². The van der Waals surface area contributed by atoms with Crippen LogP contribution >= 0.6 is 0 Å². The van der Waals surface area contributed by atoms with Gasteiger partial charge >= 0.3 is 5.97 Å². The lowest BCUT2D eigenvalue weighted by atomic mass is 9.82. The van der Waals surface area contributed by atoms with Crippen molar-refractivity contribution in [3.8, 4) is 5.75 Å². The van der Waals surface area contributed by atoms with Crippen LogP contribution in [0.2, 0.25) is 0 Å². The summed E-state index contributed by atoms with van der Waals surface area (Å²) >= 11 is 0. The Labute approximate surface area is 164 Å². The molecular formula is C23H23NO4. The fourth-order valence-electron chi connectivity index (χ4n) is 4.02. The summed E-state index contributed by atoms with van der Waals surface area (Å²) in [7, 11) is 0. The first-order chi connectivity index (χ1) is 13.5. The predicted octanol–water partition coefficient (Wildman–Crippen LogP) is 3.78. The van der Waals surface area contributed by atoms with E-state index in [-0.39, 0.29) is 5.78 Å². The van der Waals surface area contributed by atoms with Crippen LogP contribution in [0.25, 0.3) is 6.08 Å². The van der Waals surface area contributed by atoms with Gasteiger partial charge in [-0.05, 0) is 29.3 Å². The number of carboxylic acid groups (broad SMARTS) is 1. The van der Waals surface area contributed by atoms with Crippen LogP contribution in [0.15, 0.2) is 54.6 Å². The van der Waals surface area contributed by atoms with Gasteiger partial charge in [0.25, 0.3) is 0 Å². The van der Waals surface area contributed by atoms with Crippen LogP contribution in [0, 0.1) is 0 Å². The van der Waals surface area contributed by atoms with Crippen molar-refractivity contribution in [1.29, 1.82) is 0 Å². The highest BCUT2D eigenvalue weighted by Gasteiger charge is 2.42. The summed E-state index contributed by atoms with van der Waals surface area (Å²) in [5.41, 5.74) is 2.14. The highest BCUT2D eigenvalue weighted by Crippen LogP contribution is 2.40. The van der Waals surface area contributed by atoms with Crippen LogP contribution in [-0.4, -0.2) is 40.4 Å². The second kappa shape index (κ2) is 7.60. The summed E-state index contributed by atoms with van der Waals surface area (Å²) in [6.45, 7) is 2.68. The highest BCUT2D eigenvalue weighted by molar-refractivity contribution is 6.00. The molecule has 4 rings (SSSR count).